The van der Waals surface area contributed by atoms with Crippen LogP contribution >= 0.6 is 0 Å². The van der Waals surface area contributed by atoms with Crippen LogP contribution in [0.3, 0.4) is 0 Å². The molecule has 2 aromatic heterocycles. The third-order valence-corrected chi connectivity index (χ3v) is 6.81. The van der Waals surface area contributed by atoms with Crippen molar-refractivity contribution in [2.45, 2.75) is 59.8 Å². The molecule has 2 aromatic carbocycles. The van der Waals surface area contributed by atoms with Crippen molar-refractivity contribution in [3.8, 4) is 0 Å². The molecule has 0 aliphatic heterocycles. The molecule has 0 aliphatic carbocycles. The minimum absolute atomic E-state index is 0.0185. The predicted molar refractivity (Wildman–Crippen MR) is 173 cm³/mol. The Morgan fingerprint density at radius 3 is 1.53 bits per heavy atom. The highest BCUT2D eigenvalue weighted by molar-refractivity contribution is 5.92. The molecule has 5 N–H and O–H groups in total. The topological polar surface area (TPSA) is 183 Å². The van der Waals surface area contributed by atoms with Gasteiger partial charge in [-0.25, -0.2) is 29.5 Å². The monoisotopic (exact) mass is 618 g/mol. The van der Waals surface area contributed by atoms with E-state index in [0.29, 0.717) is 23.3 Å². The number of carbonyl (C=O) groups excluding carboxylic acids is 3. The zero-order valence-corrected chi connectivity index (χ0v) is 26.7. The maximum atomic E-state index is 12.0. The Bertz CT molecular complexity index is 1630. The van der Waals surface area contributed by atoms with E-state index in [1.807, 2.05) is 76.2 Å². The van der Waals surface area contributed by atoms with Crippen molar-refractivity contribution >= 4 is 51.3 Å². The van der Waals surface area contributed by atoms with E-state index in [1.165, 1.54) is 21.1 Å². The van der Waals surface area contributed by atoms with Crippen molar-refractivity contribution < 1.29 is 23.9 Å². The minimum atomic E-state index is -0.526. The number of aromatic nitrogens is 4. The van der Waals surface area contributed by atoms with Crippen LogP contribution < -0.4 is 21.7 Å². The van der Waals surface area contributed by atoms with E-state index in [-0.39, 0.29) is 42.8 Å². The maximum Gasteiger partial charge on any atom is 0.328 e. The van der Waals surface area contributed by atoms with Gasteiger partial charge in [0.05, 0.1) is 38.3 Å². The van der Waals surface area contributed by atoms with Gasteiger partial charge in [0, 0.05) is 17.7 Å². The van der Waals surface area contributed by atoms with Gasteiger partial charge >= 0.3 is 11.9 Å². The molecule has 13 heteroatoms. The van der Waals surface area contributed by atoms with Gasteiger partial charge in [-0.1, -0.05) is 52.0 Å². The van der Waals surface area contributed by atoms with Gasteiger partial charge in [-0.3, -0.25) is 4.79 Å². The Balaban J connectivity index is 0.000000248. The van der Waals surface area contributed by atoms with Gasteiger partial charge in [0.25, 0.3) is 0 Å². The summed E-state index contributed by atoms with van der Waals surface area (Å²) in [7, 11) is 2.74. The molecule has 2 atom stereocenters. The number of nitrogens with one attached hydrogen (secondary N) is 3. The Hall–Kier alpha value is -4.91. The van der Waals surface area contributed by atoms with E-state index in [9.17, 15) is 14.4 Å². The Labute approximate surface area is 262 Å². The van der Waals surface area contributed by atoms with E-state index < -0.39 is 12.1 Å². The van der Waals surface area contributed by atoms with E-state index in [4.69, 9.17) is 15.2 Å². The number of methoxy groups -OCH3 is 2. The molecule has 13 nitrogen and oxygen atoms in total. The molecule has 4 aromatic rings. The fourth-order valence-electron chi connectivity index (χ4n) is 4.39. The summed E-state index contributed by atoms with van der Waals surface area (Å²) < 4.78 is 9.71. The zero-order chi connectivity index (χ0) is 33.1. The summed E-state index contributed by atoms with van der Waals surface area (Å²) in [5.41, 5.74) is 7.17. The SMILES string of the molecule is COC(=O)[C@@H](Nc1nc(CN)nc2ccccc12)C(C)C.COC(=O)[C@@H](Nc1nc(CNC(C)=O)nc2ccccc12)C(C)C. The first-order valence-corrected chi connectivity index (χ1v) is 14.6. The van der Waals surface area contributed by atoms with Crippen molar-refractivity contribution in [3.63, 3.8) is 0 Å². The molecular weight excluding hydrogens is 576 g/mol. The van der Waals surface area contributed by atoms with Gasteiger partial charge < -0.3 is 31.2 Å². The molecule has 0 saturated heterocycles. The summed E-state index contributed by atoms with van der Waals surface area (Å²) in [5, 5.41) is 10.7. The molecule has 240 valence electrons. The summed E-state index contributed by atoms with van der Waals surface area (Å²) in [6.07, 6.45) is 0. The number of ether oxygens (including phenoxy) is 2. The molecule has 2 heterocycles. The lowest BCUT2D eigenvalue weighted by Crippen LogP contribution is -2.36. The van der Waals surface area contributed by atoms with E-state index in [2.05, 4.69) is 35.9 Å². The molecule has 0 radical (unpaired) electrons. The van der Waals surface area contributed by atoms with E-state index in [1.54, 1.807) is 0 Å². The van der Waals surface area contributed by atoms with Gasteiger partial charge in [0.2, 0.25) is 5.91 Å². The van der Waals surface area contributed by atoms with E-state index in [0.717, 1.165) is 21.8 Å². The number of para-hydroxylation sites is 2. The van der Waals surface area contributed by atoms with Crippen molar-refractivity contribution in [2.24, 2.45) is 17.6 Å². The van der Waals surface area contributed by atoms with Gasteiger partial charge in [0.15, 0.2) is 5.82 Å². The van der Waals surface area contributed by atoms with Gasteiger partial charge in [-0.15, -0.1) is 0 Å². The lowest BCUT2D eigenvalue weighted by atomic mass is 10.0. The third-order valence-electron chi connectivity index (χ3n) is 6.81. The predicted octanol–water partition coefficient (Wildman–Crippen LogP) is 3.57. The first-order chi connectivity index (χ1) is 21.5. The largest absolute Gasteiger partial charge is 0.467 e. The van der Waals surface area contributed by atoms with Crippen LogP contribution in [0, 0.1) is 11.8 Å². The first kappa shape index (κ1) is 34.6. The van der Waals surface area contributed by atoms with Crippen LogP contribution in [0.5, 0.6) is 0 Å². The second-order valence-electron chi connectivity index (χ2n) is 10.9. The summed E-state index contributed by atoms with van der Waals surface area (Å²) in [6.45, 7) is 9.64. The van der Waals surface area contributed by atoms with Gasteiger partial charge in [0.1, 0.15) is 29.5 Å². The number of hydrogen-bond acceptors (Lipinski definition) is 12. The molecule has 45 heavy (non-hydrogen) atoms. The highest BCUT2D eigenvalue weighted by atomic mass is 16.5. The Kier molecular flexibility index (Phi) is 12.5. The second-order valence-corrected chi connectivity index (χ2v) is 10.9. The van der Waals surface area contributed by atoms with Crippen LogP contribution in [0.25, 0.3) is 21.8 Å². The molecule has 0 saturated carbocycles. The molecule has 0 aliphatic rings. The lowest BCUT2D eigenvalue weighted by molar-refractivity contribution is -0.143. The normalized spacial score (nSPS) is 12.2. The number of fused-ring (bicyclic) bond motifs is 2. The Morgan fingerprint density at radius 1 is 0.711 bits per heavy atom. The number of carbonyl (C=O) groups is 3. The molecule has 0 fully saturated rings. The van der Waals surface area contributed by atoms with Crippen molar-refractivity contribution in [3.05, 3.63) is 60.2 Å². The highest BCUT2D eigenvalue weighted by Crippen LogP contribution is 2.24. The quantitative estimate of drug-likeness (QED) is 0.180. The average Bonchev–Trinajstić information content (AvgIpc) is 3.03. The average molecular weight is 619 g/mol. The van der Waals surface area contributed by atoms with E-state index >= 15 is 0 Å². The molecule has 0 spiro atoms. The molecule has 0 unspecified atom stereocenters. The number of rotatable bonds is 11. The van der Waals surface area contributed by atoms with Crippen molar-refractivity contribution in [1.29, 1.82) is 0 Å². The molecular formula is C32H42N8O5. The fraction of sp³-hybridized carbons (Fsp3) is 0.406. The van der Waals surface area contributed by atoms with Crippen LogP contribution in [-0.4, -0.2) is 64.1 Å². The van der Waals surface area contributed by atoms with Gasteiger partial charge in [-0.2, -0.15) is 0 Å². The lowest BCUT2D eigenvalue weighted by Gasteiger charge is -2.21. The molecule has 1 amide bonds. The summed E-state index contributed by atoms with van der Waals surface area (Å²) >= 11 is 0. The van der Waals surface area contributed by atoms with Gasteiger partial charge in [-0.05, 0) is 36.1 Å². The van der Waals surface area contributed by atoms with Crippen molar-refractivity contribution in [2.75, 3.05) is 24.9 Å². The fourth-order valence-corrected chi connectivity index (χ4v) is 4.39. The zero-order valence-electron chi connectivity index (χ0n) is 26.7. The number of benzene rings is 2. The van der Waals surface area contributed by atoms with Crippen LogP contribution in [0.15, 0.2) is 48.5 Å². The second kappa shape index (κ2) is 16.2. The van der Waals surface area contributed by atoms with Crippen molar-refractivity contribution in [1.82, 2.24) is 25.3 Å². The molecule has 4 rings (SSSR count). The number of nitrogens with zero attached hydrogens (tertiary/aromatic N) is 4. The highest BCUT2D eigenvalue weighted by Gasteiger charge is 2.25. The molecule has 0 bridgehead atoms. The number of nitrogens with two attached hydrogens (primary N) is 1. The number of amides is 1. The smallest absolute Gasteiger partial charge is 0.328 e. The third kappa shape index (κ3) is 9.29. The van der Waals surface area contributed by atoms with Crippen LogP contribution in [0.2, 0.25) is 0 Å². The number of hydrogen-bond donors (Lipinski definition) is 4. The maximum absolute atomic E-state index is 12.0. The number of anilines is 2. The summed E-state index contributed by atoms with van der Waals surface area (Å²) in [4.78, 5) is 52.7. The van der Waals surface area contributed by atoms with Crippen LogP contribution in [0.4, 0.5) is 11.6 Å². The summed E-state index contributed by atoms with van der Waals surface area (Å²) in [5.74, 6) is 1.41. The standard InChI is InChI=1S/C17H22N4O3.C15H20N4O2/c1-10(2)15(17(23)24-4)21-16-12-7-5-6-8-13(12)19-14(20-16)9-18-11(3)22;1-9(2)13(15(20)21-3)19-14-10-6-4-5-7-11(10)17-12(8-16)18-14/h5-8,10,15H,9H2,1-4H3,(H,18,22)(H,19,20,21);4-7,9,13H,8,16H2,1-3H3,(H,17,18,19)/t15-;13-/m00/s1. The van der Waals surface area contributed by atoms with Crippen LogP contribution in [0.1, 0.15) is 46.3 Å². The number of esters is 2. The minimum Gasteiger partial charge on any atom is -0.467 e. The first-order valence-electron chi connectivity index (χ1n) is 14.6. The Morgan fingerprint density at radius 2 is 1.13 bits per heavy atom. The van der Waals surface area contributed by atoms with Crippen LogP contribution in [-0.2, 0) is 36.9 Å². The summed E-state index contributed by atoms with van der Waals surface area (Å²) in [6, 6.07) is 14.1.